The Labute approximate surface area is 96.9 Å². The highest BCUT2D eigenvalue weighted by molar-refractivity contribution is 7.14. The van der Waals surface area contributed by atoms with Gasteiger partial charge in [0.1, 0.15) is 10.0 Å². The number of rotatable bonds is 2. The van der Waals surface area contributed by atoms with Crippen molar-refractivity contribution in [2.24, 2.45) is 5.73 Å². The Morgan fingerprint density at radius 2 is 2.20 bits per heavy atom. The maximum Gasteiger partial charge on any atom is 0.149 e. The lowest BCUT2D eigenvalue weighted by atomic mass is 10.2. The lowest BCUT2D eigenvalue weighted by Gasteiger charge is -2.00. The van der Waals surface area contributed by atoms with Gasteiger partial charge >= 0.3 is 0 Å². The van der Waals surface area contributed by atoms with Gasteiger partial charge in [-0.15, -0.1) is 10.2 Å². The summed E-state index contributed by atoms with van der Waals surface area (Å²) in [6.07, 6.45) is 0. The first kappa shape index (κ1) is 10.5. The lowest BCUT2D eigenvalue weighted by Crippen LogP contribution is -1.94. The predicted molar refractivity (Wildman–Crippen MR) is 63.0 cm³/mol. The van der Waals surface area contributed by atoms with Crippen molar-refractivity contribution in [1.29, 1.82) is 0 Å². The summed E-state index contributed by atoms with van der Waals surface area (Å²) in [4.78, 5) is 0. The molecule has 0 unspecified atom stereocenters. The van der Waals surface area contributed by atoms with Gasteiger partial charge in [-0.25, -0.2) is 0 Å². The van der Waals surface area contributed by atoms with Crippen LogP contribution in [0.25, 0.3) is 10.6 Å². The maximum atomic E-state index is 6.12. The van der Waals surface area contributed by atoms with Crippen molar-refractivity contribution in [3.63, 3.8) is 0 Å². The van der Waals surface area contributed by atoms with Crippen LogP contribution in [0.2, 0.25) is 5.02 Å². The van der Waals surface area contributed by atoms with Crippen LogP contribution >= 0.6 is 22.9 Å². The molecule has 3 nitrogen and oxygen atoms in total. The molecule has 0 saturated carbocycles. The molecule has 0 aliphatic carbocycles. The van der Waals surface area contributed by atoms with E-state index in [9.17, 15) is 0 Å². The zero-order valence-electron chi connectivity index (χ0n) is 8.20. The highest BCUT2D eigenvalue weighted by atomic mass is 35.5. The topological polar surface area (TPSA) is 51.8 Å². The van der Waals surface area contributed by atoms with Crippen molar-refractivity contribution < 1.29 is 0 Å². The first-order valence-electron chi connectivity index (χ1n) is 4.49. The molecule has 1 aromatic carbocycles. The van der Waals surface area contributed by atoms with Gasteiger partial charge in [-0.2, -0.15) is 0 Å². The van der Waals surface area contributed by atoms with Crippen LogP contribution in [0.15, 0.2) is 18.2 Å². The van der Waals surface area contributed by atoms with Gasteiger partial charge in [-0.3, -0.25) is 0 Å². The molecule has 2 rings (SSSR count). The Kier molecular flexibility index (Phi) is 3.00. The second-order valence-electron chi connectivity index (χ2n) is 3.19. The molecule has 2 N–H and O–H groups in total. The van der Waals surface area contributed by atoms with E-state index in [1.54, 1.807) is 0 Å². The number of aromatic nitrogens is 2. The monoisotopic (exact) mass is 239 g/mol. The van der Waals surface area contributed by atoms with E-state index in [4.69, 9.17) is 17.3 Å². The zero-order chi connectivity index (χ0) is 10.8. The summed E-state index contributed by atoms with van der Waals surface area (Å²) >= 11 is 7.60. The third kappa shape index (κ3) is 2.17. The average Bonchev–Trinajstić information content (AvgIpc) is 2.66. The molecule has 15 heavy (non-hydrogen) atoms. The van der Waals surface area contributed by atoms with E-state index in [2.05, 4.69) is 10.2 Å². The van der Waals surface area contributed by atoms with Gasteiger partial charge in [-0.1, -0.05) is 35.1 Å². The first-order valence-corrected chi connectivity index (χ1v) is 5.69. The first-order chi connectivity index (χ1) is 7.20. The highest BCUT2D eigenvalue weighted by Gasteiger charge is 2.09. The summed E-state index contributed by atoms with van der Waals surface area (Å²) in [5, 5.41) is 10.4. The van der Waals surface area contributed by atoms with Gasteiger partial charge in [0.15, 0.2) is 0 Å². The van der Waals surface area contributed by atoms with Crippen molar-refractivity contribution in [1.82, 2.24) is 10.2 Å². The second-order valence-corrected chi connectivity index (χ2v) is 4.66. The Balaban J connectivity index is 2.44. The molecule has 0 fully saturated rings. The molecule has 0 saturated heterocycles. The number of nitrogens with zero attached hydrogens (tertiary/aromatic N) is 2. The summed E-state index contributed by atoms with van der Waals surface area (Å²) in [5.41, 5.74) is 7.53. The van der Waals surface area contributed by atoms with Crippen LogP contribution in [0.4, 0.5) is 0 Å². The van der Waals surface area contributed by atoms with E-state index < -0.39 is 0 Å². The normalized spacial score (nSPS) is 10.6. The number of aryl methyl sites for hydroxylation is 1. The fraction of sp³-hybridized carbons (Fsp3) is 0.200. The third-order valence-electron chi connectivity index (χ3n) is 2.00. The molecule has 0 aliphatic rings. The molecule has 1 aromatic heterocycles. The Hall–Kier alpha value is -0.970. The zero-order valence-corrected chi connectivity index (χ0v) is 9.77. The number of nitrogens with two attached hydrogens (primary N) is 1. The number of hydrogen-bond donors (Lipinski definition) is 1. The number of benzene rings is 1. The van der Waals surface area contributed by atoms with Gasteiger partial charge in [0.25, 0.3) is 0 Å². The fourth-order valence-electron chi connectivity index (χ4n) is 1.24. The molecule has 0 amide bonds. The van der Waals surface area contributed by atoms with Crippen molar-refractivity contribution in [3.8, 4) is 10.6 Å². The standard InChI is InChI=1S/C10H10ClN3S/c1-6-2-3-7(8(11)4-6)10-14-13-9(5-12)15-10/h2-4H,5,12H2,1H3. The Morgan fingerprint density at radius 3 is 2.80 bits per heavy atom. The van der Waals surface area contributed by atoms with Crippen LogP contribution < -0.4 is 5.73 Å². The molecule has 1 heterocycles. The van der Waals surface area contributed by atoms with Crippen molar-refractivity contribution in [2.45, 2.75) is 13.5 Å². The van der Waals surface area contributed by atoms with Crippen LogP contribution in [0.3, 0.4) is 0 Å². The SMILES string of the molecule is Cc1ccc(-c2nnc(CN)s2)c(Cl)c1. The van der Waals surface area contributed by atoms with E-state index >= 15 is 0 Å². The van der Waals surface area contributed by atoms with Gasteiger partial charge in [-0.05, 0) is 18.6 Å². The molecule has 0 bridgehead atoms. The van der Waals surface area contributed by atoms with Crippen molar-refractivity contribution >= 4 is 22.9 Å². The van der Waals surface area contributed by atoms with Crippen LogP contribution in [0, 0.1) is 6.92 Å². The smallest absolute Gasteiger partial charge is 0.149 e. The van der Waals surface area contributed by atoms with Gasteiger partial charge in [0.05, 0.1) is 5.02 Å². The Bertz CT molecular complexity index is 481. The molecular formula is C10H10ClN3S. The van der Waals surface area contributed by atoms with Crippen LogP contribution in [-0.4, -0.2) is 10.2 Å². The van der Waals surface area contributed by atoms with E-state index in [0.717, 1.165) is 21.1 Å². The summed E-state index contributed by atoms with van der Waals surface area (Å²) in [6.45, 7) is 2.42. The van der Waals surface area contributed by atoms with Gasteiger partial charge in [0, 0.05) is 12.1 Å². The highest BCUT2D eigenvalue weighted by Crippen LogP contribution is 2.30. The van der Waals surface area contributed by atoms with Crippen molar-refractivity contribution in [2.75, 3.05) is 0 Å². The fourth-order valence-corrected chi connectivity index (χ4v) is 2.38. The molecular weight excluding hydrogens is 230 g/mol. The van der Waals surface area contributed by atoms with E-state index in [1.165, 1.54) is 11.3 Å². The van der Waals surface area contributed by atoms with Crippen LogP contribution in [0.5, 0.6) is 0 Å². The second kappa shape index (κ2) is 4.26. The maximum absolute atomic E-state index is 6.12. The molecule has 78 valence electrons. The summed E-state index contributed by atoms with van der Waals surface area (Å²) in [7, 11) is 0. The summed E-state index contributed by atoms with van der Waals surface area (Å²) < 4.78 is 0. The molecule has 5 heteroatoms. The predicted octanol–water partition coefficient (Wildman–Crippen LogP) is 2.63. The van der Waals surface area contributed by atoms with E-state index in [0.29, 0.717) is 11.6 Å². The lowest BCUT2D eigenvalue weighted by molar-refractivity contribution is 0.960. The minimum atomic E-state index is 0.418. The largest absolute Gasteiger partial charge is 0.324 e. The van der Waals surface area contributed by atoms with Crippen molar-refractivity contribution in [3.05, 3.63) is 33.8 Å². The minimum absolute atomic E-state index is 0.418. The van der Waals surface area contributed by atoms with Gasteiger partial charge < -0.3 is 5.73 Å². The third-order valence-corrected chi connectivity index (χ3v) is 3.29. The molecule has 0 spiro atoms. The quantitative estimate of drug-likeness (QED) is 0.877. The molecule has 0 radical (unpaired) electrons. The summed E-state index contributed by atoms with van der Waals surface area (Å²) in [6, 6.07) is 5.88. The number of halogens is 1. The molecule has 0 aliphatic heterocycles. The molecule has 2 aromatic rings. The number of hydrogen-bond acceptors (Lipinski definition) is 4. The average molecular weight is 240 g/mol. The van der Waals surface area contributed by atoms with E-state index in [-0.39, 0.29) is 0 Å². The van der Waals surface area contributed by atoms with Gasteiger partial charge in [0.2, 0.25) is 0 Å². The van der Waals surface area contributed by atoms with Crippen LogP contribution in [-0.2, 0) is 6.54 Å². The minimum Gasteiger partial charge on any atom is -0.324 e. The van der Waals surface area contributed by atoms with E-state index in [1.807, 2.05) is 25.1 Å². The Morgan fingerprint density at radius 1 is 1.40 bits per heavy atom. The molecule has 0 atom stereocenters. The summed E-state index contributed by atoms with van der Waals surface area (Å²) in [5.74, 6) is 0. The van der Waals surface area contributed by atoms with Crippen LogP contribution in [0.1, 0.15) is 10.6 Å².